The maximum atomic E-state index is 12.0. The minimum absolute atomic E-state index is 0.193. The fourth-order valence-corrected chi connectivity index (χ4v) is 2.78. The number of esters is 1. The van der Waals surface area contributed by atoms with Gasteiger partial charge >= 0.3 is 5.97 Å². The molecular weight excluding hydrogens is 316 g/mol. The molecular formula is C16H18N2O4S. The van der Waals surface area contributed by atoms with Crippen LogP contribution >= 0.6 is 0 Å². The molecule has 122 valence electrons. The number of benzene rings is 1. The summed E-state index contributed by atoms with van der Waals surface area (Å²) in [6, 6.07) is 12.0. The Balaban J connectivity index is 2.17. The van der Waals surface area contributed by atoms with Gasteiger partial charge in [-0.3, -0.25) is 4.98 Å². The van der Waals surface area contributed by atoms with Gasteiger partial charge in [0.2, 0.25) is 10.0 Å². The van der Waals surface area contributed by atoms with E-state index in [9.17, 15) is 13.2 Å². The highest BCUT2D eigenvalue weighted by atomic mass is 32.2. The van der Waals surface area contributed by atoms with Crippen molar-refractivity contribution in [2.45, 2.75) is 13.1 Å². The van der Waals surface area contributed by atoms with Crippen LogP contribution in [0.4, 0.5) is 0 Å². The van der Waals surface area contributed by atoms with Crippen molar-refractivity contribution in [3.05, 3.63) is 65.5 Å². The standard InChI is InChI=1S/C16H18N2O4S/c1-22-16(19)14-8-6-13(7-9-14)11-18(23(2,20)21)12-15-5-3-4-10-17-15/h3-10H,11-12H2,1-2H3. The minimum Gasteiger partial charge on any atom is -0.465 e. The third-order valence-corrected chi connectivity index (χ3v) is 4.46. The molecule has 2 aromatic rings. The molecule has 0 aliphatic carbocycles. The predicted molar refractivity (Wildman–Crippen MR) is 86.1 cm³/mol. The zero-order valence-electron chi connectivity index (χ0n) is 13.0. The molecule has 2 rings (SSSR count). The van der Waals surface area contributed by atoms with Gasteiger partial charge in [0.05, 0.1) is 31.2 Å². The SMILES string of the molecule is COC(=O)c1ccc(CN(Cc2ccccn2)S(C)(=O)=O)cc1. The van der Waals surface area contributed by atoms with Gasteiger partial charge in [-0.1, -0.05) is 18.2 Å². The maximum absolute atomic E-state index is 12.0. The molecule has 0 saturated carbocycles. The summed E-state index contributed by atoms with van der Waals surface area (Å²) in [5.41, 5.74) is 1.87. The summed E-state index contributed by atoms with van der Waals surface area (Å²) in [6.07, 6.45) is 2.79. The molecule has 0 unspecified atom stereocenters. The number of nitrogens with zero attached hydrogens (tertiary/aromatic N) is 2. The molecule has 1 heterocycles. The highest BCUT2D eigenvalue weighted by Crippen LogP contribution is 2.13. The van der Waals surface area contributed by atoms with Crippen molar-refractivity contribution >= 4 is 16.0 Å². The fraction of sp³-hybridized carbons (Fsp3) is 0.250. The summed E-state index contributed by atoms with van der Waals surface area (Å²) >= 11 is 0. The number of aromatic nitrogens is 1. The normalized spacial score (nSPS) is 11.4. The molecule has 0 radical (unpaired) electrons. The van der Waals surface area contributed by atoms with Crippen molar-refractivity contribution in [2.24, 2.45) is 0 Å². The third kappa shape index (κ3) is 4.87. The first kappa shape index (κ1) is 17.1. The number of hydrogen-bond acceptors (Lipinski definition) is 5. The Labute approximate surface area is 135 Å². The van der Waals surface area contributed by atoms with Crippen LogP contribution in [0.5, 0.6) is 0 Å². The van der Waals surface area contributed by atoms with E-state index in [1.165, 1.54) is 17.7 Å². The lowest BCUT2D eigenvalue weighted by atomic mass is 10.1. The molecule has 7 heteroatoms. The molecule has 0 spiro atoms. The molecule has 23 heavy (non-hydrogen) atoms. The van der Waals surface area contributed by atoms with E-state index < -0.39 is 16.0 Å². The van der Waals surface area contributed by atoms with Gasteiger partial charge in [-0.25, -0.2) is 13.2 Å². The lowest BCUT2D eigenvalue weighted by molar-refractivity contribution is 0.0600. The Kier molecular flexibility index (Phi) is 5.46. The molecule has 6 nitrogen and oxygen atoms in total. The van der Waals surface area contributed by atoms with Crippen molar-refractivity contribution in [1.82, 2.24) is 9.29 Å². The highest BCUT2D eigenvalue weighted by molar-refractivity contribution is 7.88. The molecule has 0 atom stereocenters. The summed E-state index contributed by atoms with van der Waals surface area (Å²) in [7, 11) is -2.08. The number of carbonyl (C=O) groups is 1. The van der Waals surface area contributed by atoms with Crippen molar-refractivity contribution < 1.29 is 17.9 Å². The fourth-order valence-electron chi connectivity index (χ4n) is 2.03. The van der Waals surface area contributed by atoms with E-state index in [1.54, 1.807) is 42.6 Å². The van der Waals surface area contributed by atoms with Crippen LogP contribution in [0.2, 0.25) is 0 Å². The number of methoxy groups -OCH3 is 1. The van der Waals surface area contributed by atoms with Crippen LogP contribution in [0, 0.1) is 0 Å². The third-order valence-electron chi connectivity index (χ3n) is 3.27. The van der Waals surface area contributed by atoms with Crippen LogP contribution < -0.4 is 0 Å². The largest absolute Gasteiger partial charge is 0.465 e. The molecule has 0 saturated heterocycles. The summed E-state index contributed by atoms with van der Waals surface area (Å²) in [5, 5.41) is 0. The zero-order chi connectivity index (χ0) is 16.9. The monoisotopic (exact) mass is 334 g/mol. The van der Waals surface area contributed by atoms with Crippen LogP contribution in [0.15, 0.2) is 48.7 Å². The smallest absolute Gasteiger partial charge is 0.337 e. The van der Waals surface area contributed by atoms with Crippen LogP contribution in [-0.4, -0.2) is 37.0 Å². The van der Waals surface area contributed by atoms with E-state index in [0.717, 1.165) is 5.56 Å². The van der Waals surface area contributed by atoms with Gasteiger partial charge in [0.15, 0.2) is 0 Å². The van der Waals surface area contributed by atoms with E-state index in [4.69, 9.17) is 0 Å². The maximum Gasteiger partial charge on any atom is 0.337 e. The number of carbonyl (C=O) groups excluding carboxylic acids is 1. The molecule has 0 aliphatic rings. The van der Waals surface area contributed by atoms with Crippen molar-refractivity contribution in [3.8, 4) is 0 Å². The van der Waals surface area contributed by atoms with Crippen molar-refractivity contribution in [1.29, 1.82) is 0 Å². The number of ether oxygens (including phenoxy) is 1. The topological polar surface area (TPSA) is 76.6 Å². The Morgan fingerprint density at radius 1 is 1.13 bits per heavy atom. The second-order valence-corrected chi connectivity index (χ2v) is 7.02. The van der Waals surface area contributed by atoms with Gasteiger partial charge in [-0.05, 0) is 29.8 Å². The first-order valence-corrected chi connectivity index (χ1v) is 8.77. The molecule has 0 bridgehead atoms. The summed E-state index contributed by atoms with van der Waals surface area (Å²) in [4.78, 5) is 15.6. The molecule has 0 N–H and O–H groups in total. The van der Waals surface area contributed by atoms with Gasteiger partial charge in [0, 0.05) is 12.7 Å². The van der Waals surface area contributed by atoms with E-state index >= 15 is 0 Å². The van der Waals surface area contributed by atoms with Crippen LogP contribution in [0.3, 0.4) is 0 Å². The Bertz CT molecular complexity index is 758. The Morgan fingerprint density at radius 2 is 1.83 bits per heavy atom. The number of hydrogen-bond donors (Lipinski definition) is 0. The van der Waals surface area contributed by atoms with E-state index in [0.29, 0.717) is 11.3 Å². The lowest BCUT2D eigenvalue weighted by Gasteiger charge is -2.19. The van der Waals surface area contributed by atoms with Gasteiger partial charge in [-0.15, -0.1) is 0 Å². The van der Waals surface area contributed by atoms with Crippen LogP contribution in [-0.2, 0) is 27.8 Å². The number of pyridine rings is 1. The highest BCUT2D eigenvalue weighted by Gasteiger charge is 2.18. The first-order chi connectivity index (χ1) is 10.9. The van der Waals surface area contributed by atoms with Crippen LogP contribution in [0.1, 0.15) is 21.6 Å². The van der Waals surface area contributed by atoms with E-state index in [2.05, 4.69) is 9.72 Å². The average molecular weight is 334 g/mol. The number of rotatable bonds is 6. The summed E-state index contributed by atoms with van der Waals surface area (Å²) < 4.78 is 29.9. The van der Waals surface area contributed by atoms with Gasteiger partial charge in [0.25, 0.3) is 0 Å². The van der Waals surface area contributed by atoms with Gasteiger partial charge in [-0.2, -0.15) is 4.31 Å². The molecule has 0 aliphatic heterocycles. The minimum atomic E-state index is -3.39. The van der Waals surface area contributed by atoms with E-state index in [1.807, 2.05) is 6.07 Å². The molecule has 0 amide bonds. The average Bonchev–Trinajstić information content (AvgIpc) is 2.54. The Hall–Kier alpha value is -2.25. The summed E-state index contributed by atoms with van der Waals surface area (Å²) in [5.74, 6) is -0.426. The van der Waals surface area contributed by atoms with Crippen molar-refractivity contribution in [3.63, 3.8) is 0 Å². The second kappa shape index (κ2) is 7.34. The van der Waals surface area contributed by atoms with Crippen LogP contribution in [0.25, 0.3) is 0 Å². The second-order valence-electron chi connectivity index (χ2n) is 5.04. The first-order valence-electron chi connectivity index (χ1n) is 6.92. The van der Waals surface area contributed by atoms with Gasteiger partial charge < -0.3 is 4.74 Å². The van der Waals surface area contributed by atoms with Gasteiger partial charge in [0.1, 0.15) is 0 Å². The Morgan fingerprint density at radius 3 is 2.35 bits per heavy atom. The lowest BCUT2D eigenvalue weighted by Crippen LogP contribution is -2.29. The van der Waals surface area contributed by atoms with E-state index in [-0.39, 0.29) is 13.1 Å². The summed E-state index contributed by atoms with van der Waals surface area (Å²) in [6.45, 7) is 0.398. The van der Waals surface area contributed by atoms with Crippen molar-refractivity contribution in [2.75, 3.05) is 13.4 Å². The molecule has 0 fully saturated rings. The number of sulfonamides is 1. The predicted octanol–water partition coefficient (Wildman–Crippen LogP) is 1.83. The quantitative estimate of drug-likeness (QED) is 0.753. The zero-order valence-corrected chi connectivity index (χ0v) is 13.8. The molecule has 1 aromatic carbocycles. The molecule has 1 aromatic heterocycles.